The predicted octanol–water partition coefficient (Wildman–Crippen LogP) is 3.48. The van der Waals surface area contributed by atoms with E-state index in [4.69, 9.17) is 14.2 Å². The summed E-state index contributed by atoms with van der Waals surface area (Å²) in [7, 11) is 2.46. The highest BCUT2D eigenvalue weighted by molar-refractivity contribution is 8.26. The number of hydrogen-bond acceptors (Lipinski definition) is 8. The Morgan fingerprint density at radius 3 is 2.19 bits per heavy atom. The van der Waals surface area contributed by atoms with E-state index >= 15 is 0 Å². The molecule has 1 heterocycles. The maximum Gasteiger partial charge on any atom is 0.330 e. The minimum Gasteiger partial charge on any atom is -0.469 e. The Bertz CT molecular complexity index is 1030. The summed E-state index contributed by atoms with van der Waals surface area (Å²) in [6.07, 6.45) is 1.000. The lowest BCUT2D eigenvalue weighted by molar-refractivity contribution is -0.139. The molecule has 1 aliphatic heterocycles. The fraction of sp³-hybridized carbons (Fsp3) is 0.250. The quantitative estimate of drug-likeness (QED) is 0.446. The standard InChI is InChI=1S/C24H23NO6S/c1-29-20(26)13-19(14-21(27)30-2)24(15-17-9-5-3-6-10-17)22(28)32-23(25-24)31-16-18-11-7-4-8-12-18/h3-13H,14-16H2,1-2H3/b19-13+/t24-/m0/s1. The van der Waals surface area contributed by atoms with Crippen molar-refractivity contribution >= 4 is 34.0 Å². The van der Waals surface area contributed by atoms with E-state index in [1.54, 1.807) is 0 Å². The third-order valence-corrected chi connectivity index (χ3v) is 5.80. The lowest BCUT2D eigenvalue weighted by atomic mass is 9.83. The van der Waals surface area contributed by atoms with E-state index < -0.39 is 17.5 Å². The Morgan fingerprint density at radius 1 is 0.969 bits per heavy atom. The molecule has 0 N–H and O–H groups in total. The molecule has 0 spiro atoms. The number of aliphatic imine (C=N–C) groups is 1. The van der Waals surface area contributed by atoms with Gasteiger partial charge in [0.25, 0.3) is 5.23 Å². The van der Waals surface area contributed by atoms with E-state index in [9.17, 15) is 14.4 Å². The number of benzene rings is 2. The van der Waals surface area contributed by atoms with E-state index in [0.29, 0.717) is 0 Å². The summed E-state index contributed by atoms with van der Waals surface area (Å²) in [5.41, 5.74) is 0.426. The zero-order valence-corrected chi connectivity index (χ0v) is 18.6. The summed E-state index contributed by atoms with van der Waals surface area (Å²) in [6.45, 7) is 0.231. The zero-order valence-electron chi connectivity index (χ0n) is 17.8. The molecule has 0 radical (unpaired) electrons. The first-order valence-electron chi connectivity index (χ1n) is 9.85. The van der Waals surface area contributed by atoms with Crippen LogP contribution >= 0.6 is 11.8 Å². The fourth-order valence-electron chi connectivity index (χ4n) is 3.23. The van der Waals surface area contributed by atoms with Crippen molar-refractivity contribution in [2.75, 3.05) is 14.2 Å². The molecule has 0 amide bonds. The number of esters is 2. The van der Waals surface area contributed by atoms with Crippen LogP contribution in [0.15, 0.2) is 77.3 Å². The minimum absolute atomic E-state index is 0.150. The zero-order chi connectivity index (χ0) is 23.0. The highest BCUT2D eigenvalue weighted by atomic mass is 32.2. The molecular weight excluding hydrogens is 430 g/mol. The summed E-state index contributed by atoms with van der Waals surface area (Å²) < 4.78 is 15.3. The van der Waals surface area contributed by atoms with E-state index in [1.807, 2.05) is 60.7 Å². The number of methoxy groups -OCH3 is 2. The van der Waals surface area contributed by atoms with Crippen molar-refractivity contribution in [2.45, 2.75) is 25.0 Å². The number of rotatable bonds is 8. The Kier molecular flexibility index (Phi) is 7.83. The van der Waals surface area contributed by atoms with Crippen LogP contribution in [-0.2, 0) is 41.6 Å². The molecule has 3 rings (SSSR count). The normalized spacial score (nSPS) is 18.1. The number of nitrogens with zero attached hydrogens (tertiary/aromatic N) is 1. The molecule has 2 aromatic rings. The van der Waals surface area contributed by atoms with Crippen LogP contribution < -0.4 is 0 Å². The average molecular weight is 454 g/mol. The predicted molar refractivity (Wildman–Crippen MR) is 121 cm³/mol. The van der Waals surface area contributed by atoms with Crippen LogP contribution in [0.5, 0.6) is 0 Å². The number of hydrogen-bond donors (Lipinski definition) is 0. The first kappa shape index (κ1) is 23.3. The van der Waals surface area contributed by atoms with E-state index in [0.717, 1.165) is 29.0 Å². The van der Waals surface area contributed by atoms with Crippen molar-refractivity contribution in [1.82, 2.24) is 0 Å². The molecule has 7 nitrogen and oxygen atoms in total. The van der Waals surface area contributed by atoms with Gasteiger partial charge in [-0.05, 0) is 16.7 Å². The molecule has 0 aliphatic carbocycles. The maximum atomic E-state index is 13.3. The van der Waals surface area contributed by atoms with Crippen molar-refractivity contribution in [3.05, 3.63) is 83.4 Å². The van der Waals surface area contributed by atoms with Crippen molar-refractivity contribution in [3.8, 4) is 0 Å². The smallest absolute Gasteiger partial charge is 0.330 e. The van der Waals surface area contributed by atoms with Gasteiger partial charge in [0.05, 0.1) is 20.6 Å². The molecule has 0 bridgehead atoms. The van der Waals surface area contributed by atoms with Crippen LogP contribution in [0.1, 0.15) is 17.5 Å². The second kappa shape index (κ2) is 10.8. The third kappa shape index (κ3) is 5.64. The summed E-state index contributed by atoms with van der Waals surface area (Å²) in [5, 5.41) is -0.168. The molecule has 1 atom stereocenters. The van der Waals surface area contributed by atoms with Crippen molar-refractivity contribution in [3.63, 3.8) is 0 Å². The van der Waals surface area contributed by atoms with Crippen LogP contribution in [0, 0.1) is 0 Å². The van der Waals surface area contributed by atoms with Crippen molar-refractivity contribution in [2.24, 2.45) is 4.99 Å². The number of carbonyl (C=O) groups is 3. The van der Waals surface area contributed by atoms with E-state index in [2.05, 4.69) is 4.99 Å². The number of ether oxygens (including phenoxy) is 3. The summed E-state index contributed by atoms with van der Waals surface area (Å²) in [6, 6.07) is 18.7. The second-order valence-electron chi connectivity index (χ2n) is 7.01. The summed E-state index contributed by atoms with van der Waals surface area (Å²) in [5.74, 6) is -1.29. The molecule has 166 valence electrons. The SMILES string of the molecule is COC(=O)/C=C(\CC(=O)OC)[C@]1(Cc2ccccc2)N=C(OCc2ccccc2)SC1=O. The average Bonchev–Trinajstić information content (AvgIpc) is 3.14. The topological polar surface area (TPSA) is 91.3 Å². The van der Waals surface area contributed by atoms with Gasteiger partial charge in [-0.15, -0.1) is 0 Å². The van der Waals surface area contributed by atoms with E-state index in [-0.39, 0.29) is 35.4 Å². The van der Waals surface area contributed by atoms with Gasteiger partial charge in [0.2, 0.25) is 5.12 Å². The van der Waals surface area contributed by atoms with Gasteiger partial charge in [-0.25, -0.2) is 9.79 Å². The Hall–Kier alpha value is -3.39. The molecule has 1 aliphatic rings. The molecule has 8 heteroatoms. The minimum atomic E-state index is -1.50. The Balaban J connectivity index is 2.01. The molecule has 0 unspecified atom stereocenters. The lowest BCUT2D eigenvalue weighted by Gasteiger charge is -2.26. The molecular formula is C24H23NO6S. The molecule has 32 heavy (non-hydrogen) atoms. The van der Waals surface area contributed by atoms with Crippen LogP contribution in [0.3, 0.4) is 0 Å². The first-order chi connectivity index (χ1) is 15.5. The van der Waals surface area contributed by atoms with Gasteiger partial charge in [0.15, 0.2) is 5.54 Å². The third-order valence-electron chi connectivity index (χ3n) is 4.89. The number of carbonyl (C=O) groups excluding carboxylic acids is 3. The number of thioether (sulfide) groups is 1. The van der Waals surface area contributed by atoms with Crippen molar-refractivity contribution in [1.29, 1.82) is 0 Å². The van der Waals surface area contributed by atoms with Gasteiger partial charge in [-0.2, -0.15) is 0 Å². The van der Waals surface area contributed by atoms with Gasteiger partial charge < -0.3 is 14.2 Å². The molecule has 0 aromatic heterocycles. The second-order valence-corrected chi connectivity index (χ2v) is 7.93. The highest BCUT2D eigenvalue weighted by Gasteiger charge is 2.49. The van der Waals surface area contributed by atoms with Crippen LogP contribution in [0.4, 0.5) is 0 Å². The maximum absolute atomic E-state index is 13.3. The lowest BCUT2D eigenvalue weighted by Crippen LogP contribution is -2.38. The largest absolute Gasteiger partial charge is 0.469 e. The van der Waals surface area contributed by atoms with Crippen molar-refractivity contribution < 1.29 is 28.6 Å². The molecule has 0 saturated carbocycles. The van der Waals surface area contributed by atoms with Gasteiger partial charge >= 0.3 is 11.9 Å². The molecule has 0 fully saturated rings. The van der Waals surface area contributed by atoms with E-state index in [1.165, 1.54) is 14.2 Å². The van der Waals surface area contributed by atoms with Crippen LogP contribution in [0.2, 0.25) is 0 Å². The fourth-order valence-corrected chi connectivity index (χ4v) is 4.13. The summed E-state index contributed by atoms with van der Waals surface area (Å²) in [4.78, 5) is 42.2. The van der Waals surface area contributed by atoms with Gasteiger partial charge in [-0.3, -0.25) is 9.59 Å². The van der Waals surface area contributed by atoms with Crippen LogP contribution in [-0.4, -0.2) is 42.0 Å². The van der Waals surface area contributed by atoms with Gasteiger partial charge in [-0.1, -0.05) is 60.7 Å². The Morgan fingerprint density at radius 2 is 1.59 bits per heavy atom. The summed E-state index contributed by atoms with van der Waals surface area (Å²) >= 11 is 0.852. The molecule has 2 aromatic carbocycles. The van der Waals surface area contributed by atoms with Crippen LogP contribution in [0.25, 0.3) is 0 Å². The molecule has 0 saturated heterocycles. The first-order valence-corrected chi connectivity index (χ1v) is 10.7. The van der Waals surface area contributed by atoms with Gasteiger partial charge in [0, 0.05) is 24.3 Å². The van der Waals surface area contributed by atoms with Gasteiger partial charge in [0.1, 0.15) is 6.61 Å². The highest BCUT2D eigenvalue weighted by Crippen LogP contribution is 2.40. The Labute approximate surface area is 190 Å². The monoisotopic (exact) mass is 453 g/mol.